The van der Waals surface area contributed by atoms with Crippen molar-refractivity contribution >= 4 is 5.91 Å². The van der Waals surface area contributed by atoms with Gasteiger partial charge in [0.05, 0.1) is 13.2 Å². The number of nitrogens with zero attached hydrogens (tertiary/aromatic N) is 4. The zero-order valence-electron chi connectivity index (χ0n) is 16.0. The smallest absolute Gasteiger partial charge is 0.253 e. The Morgan fingerprint density at radius 3 is 2.82 bits per heavy atom. The van der Waals surface area contributed by atoms with Crippen molar-refractivity contribution in [2.45, 2.75) is 38.7 Å². The summed E-state index contributed by atoms with van der Waals surface area (Å²) in [6.45, 7) is 3.93. The second-order valence-electron chi connectivity index (χ2n) is 6.68. The largest absolute Gasteiger partial charge is 0.494 e. The quantitative estimate of drug-likeness (QED) is 0.685. The monoisotopic (exact) mass is 380 g/mol. The van der Waals surface area contributed by atoms with Gasteiger partial charge in [-0.05, 0) is 43.5 Å². The highest BCUT2D eigenvalue weighted by Crippen LogP contribution is 2.21. The number of carbonyl (C=O) groups is 1. The van der Waals surface area contributed by atoms with Gasteiger partial charge in [-0.25, -0.2) is 9.97 Å². The maximum Gasteiger partial charge on any atom is 0.253 e. The van der Waals surface area contributed by atoms with E-state index in [0.29, 0.717) is 25.3 Å². The van der Waals surface area contributed by atoms with E-state index >= 15 is 0 Å². The number of ether oxygens (including phenoxy) is 2. The molecule has 2 aromatic rings. The minimum atomic E-state index is -0.210. The Kier molecular flexibility index (Phi) is 6.79. The lowest BCUT2D eigenvalue weighted by molar-refractivity contribution is 0.0526. The van der Waals surface area contributed by atoms with Crippen molar-refractivity contribution in [2.24, 2.45) is 0 Å². The normalized spacial score (nSPS) is 16.3. The lowest BCUT2D eigenvalue weighted by Crippen LogP contribution is -2.44. The molecule has 146 valence electrons. The van der Waals surface area contributed by atoms with E-state index in [1.165, 1.54) is 12.4 Å². The van der Waals surface area contributed by atoms with Crippen LogP contribution in [0.25, 0.3) is 0 Å². The van der Waals surface area contributed by atoms with Crippen molar-refractivity contribution in [2.75, 3.05) is 19.7 Å². The molecule has 1 atom stereocenters. The third-order valence-corrected chi connectivity index (χ3v) is 4.58. The predicted molar refractivity (Wildman–Crippen MR) is 103 cm³/mol. The van der Waals surface area contributed by atoms with Gasteiger partial charge in [0.15, 0.2) is 0 Å². The van der Waals surface area contributed by atoms with Crippen LogP contribution in [0, 0.1) is 11.3 Å². The summed E-state index contributed by atoms with van der Waals surface area (Å²) in [6.07, 6.45) is 6.46. The summed E-state index contributed by atoms with van der Waals surface area (Å²) in [4.78, 5) is 22.7. The molecule has 1 saturated heterocycles. The molecule has 1 fully saturated rings. The number of rotatable bonds is 7. The fourth-order valence-corrected chi connectivity index (χ4v) is 3.08. The van der Waals surface area contributed by atoms with E-state index in [-0.39, 0.29) is 23.6 Å². The van der Waals surface area contributed by atoms with Gasteiger partial charge in [0.25, 0.3) is 11.8 Å². The molecule has 1 unspecified atom stereocenters. The first-order valence-corrected chi connectivity index (χ1v) is 9.61. The average molecular weight is 380 g/mol. The molecule has 2 heterocycles. The first kappa shape index (κ1) is 19.6. The minimum absolute atomic E-state index is 0.0342. The van der Waals surface area contributed by atoms with Crippen molar-refractivity contribution < 1.29 is 14.3 Å². The van der Waals surface area contributed by atoms with Crippen LogP contribution < -0.4 is 9.47 Å². The maximum absolute atomic E-state index is 12.8. The van der Waals surface area contributed by atoms with Crippen LogP contribution in [0.3, 0.4) is 0 Å². The number of nitriles is 1. The van der Waals surface area contributed by atoms with Gasteiger partial charge in [-0.15, -0.1) is 0 Å². The second-order valence-corrected chi connectivity index (χ2v) is 6.68. The lowest BCUT2D eigenvalue weighted by Gasteiger charge is -2.32. The van der Waals surface area contributed by atoms with Crippen molar-refractivity contribution in [1.82, 2.24) is 14.9 Å². The zero-order valence-corrected chi connectivity index (χ0v) is 16.0. The van der Waals surface area contributed by atoms with E-state index < -0.39 is 0 Å². The summed E-state index contributed by atoms with van der Waals surface area (Å²) in [5.41, 5.74) is 0.783. The van der Waals surface area contributed by atoms with Gasteiger partial charge in [0.1, 0.15) is 17.9 Å². The van der Waals surface area contributed by atoms with Crippen LogP contribution in [-0.4, -0.2) is 46.6 Å². The van der Waals surface area contributed by atoms with Crippen LogP contribution in [0.1, 0.15) is 48.7 Å². The van der Waals surface area contributed by atoms with Crippen molar-refractivity contribution in [3.8, 4) is 17.7 Å². The van der Waals surface area contributed by atoms with Gasteiger partial charge < -0.3 is 14.4 Å². The first-order valence-electron chi connectivity index (χ1n) is 9.61. The number of hydrogen-bond donors (Lipinski definition) is 0. The summed E-state index contributed by atoms with van der Waals surface area (Å²) in [5, 5.41) is 9.12. The van der Waals surface area contributed by atoms with Crippen molar-refractivity contribution in [1.29, 1.82) is 5.26 Å². The summed E-state index contributed by atoms with van der Waals surface area (Å²) >= 11 is 0. The molecule has 7 nitrogen and oxygen atoms in total. The van der Waals surface area contributed by atoms with Crippen LogP contribution in [0.5, 0.6) is 11.6 Å². The lowest BCUT2D eigenvalue weighted by atomic mass is 10.1. The molecule has 0 N–H and O–H groups in total. The molecule has 0 saturated carbocycles. The first-order chi connectivity index (χ1) is 13.7. The van der Waals surface area contributed by atoms with Gasteiger partial charge >= 0.3 is 0 Å². The Balaban J connectivity index is 1.60. The molecule has 28 heavy (non-hydrogen) atoms. The number of likely N-dealkylation sites (tertiary alicyclic amines) is 1. The van der Waals surface area contributed by atoms with Crippen LogP contribution in [0.4, 0.5) is 0 Å². The Hall–Kier alpha value is -3.14. The van der Waals surface area contributed by atoms with Gasteiger partial charge in [-0.1, -0.05) is 13.3 Å². The molecule has 1 aromatic heterocycles. The van der Waals surface area contributed by atoms with E-state index in [1.807, 2.05) is 18.2 Å². The minimum Gasteiger partial charge on any atom is -0.494 e. The fraction of sp³-hybridized carbons (Fsp3) is 0.429. The molecule has 0 spiro atoms. The molecule has 0 radical (unpaired) electrons. The number of hydrogen-bond acceptors (Lipinski definition) is 6. The molecule has 1 aliphatic heterocycles. The molecular formula is C21H24N4O3. The van der Waals surface area contributed by atoms with Crippen molar-refractivity contribution in [3.63, 3.8) is 0 Å². The number of piperidine rings is 1. The summed E-state index contributed by atoms with van der Waals surface area (Å²) in [7, 11) is 0. The number of benzene rings is 1. The fourth-order valence-electron chi connectivity index (χ4n) is 3.08. The predicted octanol–water partition coefficient (Wildman–Crippen LogP) is 3.21. The Labute approximate surface area is 164 Å². The van der Waals surface area contributed by atoms with Crippen LogP contribution in [0.2, 0.25) is 0 Å². The van der Waals surface area contributed by atoms with Gasteiger partial charge in [-0.3, -0.25) is 4.79 Å². The highest BCUT2D eigenvalue weighted by molar-refractivity contribution is 5.94. The van der Waals surface area contributed by atoms with Gasteiger partial charge in [-0.2, -0.15) is 5.26 Å². The summed E-state index contributed by atoms with van der Waals surface area (Å²) < 4.78 is 11.5. The van der Waals surface area contributed by atoms with Gasteiger partial charge in [0, 0.05) is 24.5 Å². The molecular weight excluding hydrogens is 356 g/mol. The molecule has 1 amide bonds. The van der Waals surface area contributed by atoms with Crippen LogP contribution in [-0.2, 0) is 0 Å². The van der Waals surface area contributed by atoms with Gasteiger partial charge in [0.2, 0.25) is 5.69 Å². The van der Waals surface area contributed by atoms with E-state index in [4.69, 9.17) is 14.7 Å². The average Bonchev–Trinajstić information content (AvgIpc) is 2.74. The molecule has 0 aliphatic carbocycles. The highest BCUT2D eigenvalue weighted by Gasteiger charge is 2.26. The standard InChI is InChI=1S/C21H24N4O3/c1-2-3-13-27-17-8-6-16(7-9-17)21(26)25-12-4-5-18(15-25)28-20-19(14-22)23-10-11-24-20/h6-11,18H,2-5,12-13,15H2,1H3. The third-order valence-electron chi connectivity index (χ3n) is 4.58. The van der Waals surface area contributed by atoms with E-state index in [0.717, 1.165) is 31.4 Å². The van der Waals surface area contributed by atoms with Crippen LogP contribution >= 0.6 is 0 Å². The maximum atomic E-state index is 12.8. The Morgan fingerprint density at radius 1 is 1.29 bits per heavy atom. The van der Waals surface area contributed by atoms with E-state index in [1.54, 1.807) is 17.0 Å². The SMILES string of the molecule is CCCCOc1ccc(C(=O)N2CCCC(Oc3nccnc3C#N)C2)cc1. The number of unbranched alkanes of at least 4 members (excludes halogenated alkanes) is 1. The number of aromatic nitrogens is 2. The topological polar surface area (TPSA) is 88.3 Å². The molecule has 0 bridgehead atoms. The highest BCUT2D eigenvalue weighted by atomic mass is 16.5. The molecule has 1 aliphatic rings. The Morgan fingerprint density at radius 2 is 2.07 bits per heavy atom. The van der Waals surface area contributed by atoms with Crippen LogP contribution in [0.15, 0.2) is 36.7 Å². The zero-order chi connectivity index (χ0) is 19.8. The number of carbonyl (C=O) groups excluding carboxylic acids is 1. The van der Waals surface area contributed by atoms with Crippen molar-refractivity contribution in [3.05, 3.63) is 47.9 Å². The molecule has 3 rings (SSSR count). The van der Waals surface area contributed by atoms with E-state index in [9.17, 15) is 4.79 Å². The van der Waals surface area contributed by atoms with E-state index in [2.05, 4.69) is 16.9 Å². The second kappa shape index (κ2) is 9.70. The number of amides is 1. The Bertz CT molecular complexity index is 832. The summed E-state index contributed by atoms with van der Waals surface area (Å²) in [6, 6.07) is 9.24. The molecule has 1 aromatic carbocycles. The molecule has 7 heteroatoms. The third kappa shape index (κ3) is 4.97. The summed E-state index contributed by atoms with van der Waals surface area (Å²) in [5.74, 6) is 0.961.